The van der Waals surface area contributed by atoms with Crippen molar-refractivity contribution in [2.45, 2.75) is 4.83 Å². The number of hydrogen-bond acceptors (Lipinski definition) is 2. The largest absolute Gasteiger partial charge is 0.304 e. The van der Waals surface area contributed by atoms with Gasteiger partial charge in [-0.05, 0) is 0 Å². The lowest BCUT2D eigenvalue weighted by Crippen LogP contribution is -1.99. The SMILES string of the molecule is BrC1[CH]NN=C1. The van der Waals surface area contributed by atoms with E-state index in [-0.39, 0.29) is 0 Å². The summed E-state index contributed by atoms with van der Waals surface area (Å²) >= 11 is 3.27. The molecule has 6 heavy (non-hydrogen) atoms. The van der Waals surface area contributed by atoms with E-state index < -0.39 is 0 Å². The van der Waals surface area contributed by atoms with Crippen molar-refractivity contribution < 1.29 is 0 Å². The van der Waals surface area contributed by atoms with Crippen LogP contribution in [0.3, 0.4) is 0 Å². The first kappa shape index (κ1) is 4.12. The van der Waals surface area contributed by atoms with Crippen molar-refractivity contribution in [2.75, 3.05) is 0 Å². The predicted molar refractivity (Wildman–Crippen MR) is 28.6 cm³/mol. The highest BCUT2D eigenvalue weighted by Gasteiger charge is 2.02. The molecule has 0 saturated carbocycles. The molecule has 0 fully saturated rings. The minimum atomic E-state index is 0.331. The molecule has 0 aliphatic carbocycles. The van der Waals surface area contributed by atoms with E-state index in [4.69, 9.17) is 0 Å². The minimum absolute atomic E-state index is 0.331. The van der Waals surface area contributed by atoms with Crippen molar-refractivity contribution in [1.29, 1.82) is 0 Å². The van der Waals surface area contributed by atoms with E-state index >= 15 is 0 Å². The zero-order chi connectivity index (χ0) is 4.41. The highest BCUT2D eigenvalue weighted by Crippen LogP contribution is 2.01. The Kier molecular flexibility index (Phi) is 1.10. The lowest BCUT2D eigenvalue weighted by atomic mass is 10.5. The van der Waals surface area contributed by atoms with Crippen LogP contribution in [0.15, 0.2) is 5.10 Å². The zero-order valence-corrected chi connectivity index (χ0v) is 4.64. The summed E-state index contributed by atoms with van der Waals surface area (Å²) < 4.78 is 0. The molecule has 1 aliphatic rings. The van der Waals surface area contributed by atoms with E-state index in [2.05, 4.69) is 26.5 Å². The Hall–Kier alpha value is -0.0500. The van der Waals surface area contributed by atoms with Gasteiger partial charge in [-0.25, -0.2) is 0 Å². The van der Waals surface area contributed by atoms with Crippen LogP contribution < -0.4 is 5.43 Å². The Labute approximate surface area is 44.7 Å². The maximum Gasteiger partial charge on any atom is 0.0847 e. The fourth-order valence-electron chi connectivity index (χ4n) is 0.272. The van der Waals surface area contributed by atoms with Gasteiger partial charge in [0.15, 0.2) is 0 Å². The molecule has 0 aromatic heterocycles. The van der Waals surface area contributed by atoms with Crippen LogP contribution in [0.2, 0.25) is 0 Å². The smallest absolute Gasteiger partial charge is 0.0847 e. The van der Waals surface area contributed by atoms with Gasteiger partial charge in [-0.1, -0.05) is 15.9 Å². The number of nitrogens with zero attached hydrogens (tertiary/aromatic N) is 1. The Morgan fingerprint density at radius 1 is 1.83 bits per heavy atom. The molecular formula is C3H4BrN2. The van der Waals surface area contributed by atoms with Crippen molar-refractivity contribution in [2.24, 2.45) is 5.10 Å². The highest BCUT2D eigenvalue weighted by molar-refractivity contribution is 9.10. The molecule has 1 rings (SSSR count). The molecule has 0 spiro atoms. The molecule has 0 amide bonds. The van der Waals surface area contributed by atoms with Crippen molar-refractivity contribution in [3.63, 3.8) is 0 Å². The van der Waals surface area contributed by atoms with E-state index in [1.807, 2.05) is 6.54 Å². The molecule has 0 aromatic rings. The summed E-state index contributed by atoms with van der Waals surface area (Å²) in [6, 6.07) is 0. The van der Waals surface area contributed by atoms with Crippen LogP contribution in [0.1, 0.15) is 0 Å². The van der Waals surface area contributed by atoms with E-state index in [1.54, 1.807) is 6.21 Å². The Bertz CT molecular complexity index is 71.2. The second-order valence-electron chi connectivity index (χ2n) is 1.02. The monoisotopic (exact) mass is 147 g/mol. The summed E-state index contributed by atoms with van der Waals surface area (Å²) in [6.07, 6.45) is 1.78. The van der Waals surface area contributed by atoms with Gasteiger partial charge in [-0.15, -0.1) is 0 Å². The summed E-state index contributed by atoms with van der Waals surface area (Å²) in [6.45, 7) is 1.85. The van der Waals surface area contributed by atoms with Crippen molar-refractivity contribution in [3.05, 3.63) is 6.54 Å². The second kappa shape index (κ2) is 1.60. The molecule has 1 heterocycles. The number of hydrazone groups is 1. The number of rotatable bonds is 0. The standard InChI is InChI=1S/C3H4BrN2/c4-3-1-5-6-2-3/h1-3,5H. The molecule has 1 atom stereocenters. The average Bonchev–Trinajstić information content (AvgIpc) is 1.86. The van der Waals surface area contributed by atoms with E-state index in [1.165, 1.54) is 0 Å². The lowest BCUT2D eigenvalue weighted by molar-refractivity contribution is 0.924. The van der Waals surface area contributed by atoms with Crippen LogP contribution in [-0.2, 0) is 0 Å². The van der Waals surface area contributed by atoms with Gasteiger partial charge in [0.2, 0.25) is 0 Å². The first-order valence-corrected chi connectivity index (χ1v) is 2.57. The minimum Gasteiger partial charge on any atom is -0.304 e. The third kappa shape index (κ3) is 0.712. The lowest BCUT2D eigenvalue weighted by Gasteiger charge is -1.84. The molecule has 0 aromatic carbocycles. The number of halogens is 1. The van der Waals surface area contributed by atoms with Crippen LogP contribution in [0.5, 0.6) is 0 Å². The molecule has 33 valence electrons. The van der Waals surface area contributed by atoms with Gasteiger partial charge in [-0.3, -0.25) is 0 Å². The average molecular weight is 148 g/mol. The van der Waals surface area contributed by atoms with Gasteiger partial charge in [0.1, 0.15) is 0 Å². The highest BCUT2D eigenvalue weighted by atomic mass is 79.9. The summed E-state index contributed by atoms with van der Waals surface area (Å²) in [5.41, 5.74) is 2.67. The van der Waals surface area contributed by atoms with E-state index in [9.17, 15) is 0 Å². The predicted octanol–water partition coefficient (Wildman–Crippen LogP) is 0.501. The fraction of sp³-hybridized carbons (Fsp3) is 0.333. The Morgan fingerprint density at radius 2 is 2.67 bits per heavy atom. The molecule has 2 nitrogen and oxygen atoms in total. The fourth-order valence-corrected chi connectivity index (χ4v) is 0.508. The molecule has 1 aliphatic heterocycles. The first-order chi connectivity index (χ1) is 2.89. The van der Waals surface area contributed by atoms with Crippen molar-refractivity contribution in [3.8, 4) is 0 Å². The Morgan fingerprint density at radius 3 is 2.83 bits per heavy atom. The van der Waals surface area contributed by atoms with Crippen molar-refractivity contribution in [1.82, 2.24) is 5.43 Å². The maximum atomic E-state index is 3.69. The summed E-state index contributed by atoms with van der Waals surface area (Å²) in [4.78, 5) is 0.331. The second-order valence-corrected chi connectivity index (χ2v) is 2.08. The van der Waals surface area contributed by atoms with Crippen LogP contribution in [0.4, 0.5) is 0 Å². The normalized spacial score (nSPS) is 30.5. The van der Waals surface area contributed by atoms with Crippen LogP contribution in [-0.4, -0.2) is 11.0 Å². The molecule has 1 radical (unpaired) electrons. The van der Waals surface area contributed by atoms with Gasteiger partial charge in [0, 0.05) is 6.21 Å². The van der Waals surface area contributed by atoms with Crippen LogP contribution in [0, 0.1) is 6.54 Å². The van der Waals surface area contributed by atoms with Crippen LogP contribution in [0.25, 0.3) is 0 Å². The molecule has 1 unspecified atom stereocenters. The van der Waals surface area contributed by atoms with Gasteiger partial charge in [-0.2, -0.15) is 5.10 Å². The van der Waals surface area contributed by atoms with E-state index in [0.29, 0.717) is 4.83 Å². The molecule has 3 heteroatoms. The number of alkyl halides is 1. The molecule has 0 bridgehead atoms. The zero-order valence-electron chi connectivity index (χ0n) is 3.06. The van der Waals surface area contributed by atoms with Gasteiger partial charge in [0.05, 0.1) is 11.4 Å². The summed E-state index contributed by atoms with van der Waals surface area (Å²) in [5, 5.41) is 3.69. The quantitative estimate of drug-likeness (QED) is 0.497. The van der Waals surface area contributed by atoms with E-state index in [0.717, 1.165) is 0 Å². The van der Waals surface area contributed by atoms with Crippen molar-refractivity contribution >= 4 is 22.1 Å². The topological polar surface area (TPSA) is 24.4 Å². The first-order valence-electron chi connectivity index (χ1n) is 1.66. The summed E-state index contributed by atoms with van der Waals surface area (Å²) in [5.74, 6) is 0. The third-order valence-electron chi connectivity index (χ3n) is 0.525. The van der Waals surface area contributed by atoms with Gasteiger partial charge < -0.3 is 5.43 Å². The van der Waals surface area contributed by atoms with Gasteiger partial charge in [0.25, 0.3) is 0 Å². The molecule has 1 N–H and O–H groups in total. The molecule has 0 saturated heterocycles. The number of hydrogen-bond donors (Lipinski definition) is 1. The van der Waals surface area contributed by atoms with Gasteiger partial charge >= 0.3 is 0 Å². The third-order valence-corrected chi connectivity index (χ3v) is 1.03. The molecular weight excluding hydrogens is 144 g/mol. The summed E-state index contributed by atoms with van der Waals surface area (Å²) in [7, 11) is 0. The Balaban J connectivity index is 2.38. The maximum absolute atomic E-state index is 3.69. The number of nitrogens with one attached hydrogen (secondary N) is 1. The van der Waals surface area contributed by atoms with Crippen LogP contribution >= 0.6 is 15.9 Å².